The third kappa shape index (κ3) is 3.11. The Bertz CT molecular complexity index is 549. The lowest BCUT2D eigenvalue weighted by Crippen LogP contribution is -2.20. The van der Waals surface area contributed by atoms with Crippen LogP contribution in [0.5, 0.6) is 0 Å². The van der Waals surface area contributed by atoms with Gasteiger partial charge in [0.15, 0.2) is 0 Å². The van der Waals surface area contributed by atoms with Crippen LogP contribution in [-0.2, 0) is 12.8 Å². The van der Waals surface area contributed by atoms with E-state index in [1.165, 1.54) is 41.9 Å². The van der Waals surface area contributed by atoms with E-state index in [1.807, 2.05) is 17.4 Å². The van der Waals surface area contributed by atoms with Gasteiger partial charge < -0.3 is 5.32 Å². The number of aryl methyl sites for hydroxylation is 2. The largest absolute Gasteiger partial charge is 0.305 e. The monoisotopic (exact) mass is 325 g/mol. The maximum atomic E-state index is 6.11. The van der Waals surface area contributed by atoms with Gasteiger partial charge in [-0.05, 0) is 56.0 Å². The van der Waals surface area contributed by atoms with Gasteiger partial charge in [0.2, 0.25) is 0 Å². The molecule has 4 heteroatoms. The minimum Gasteiger partial charge on any atom is -0.305 e. The van der Waals surface area contributed by atoms with Gasteiger partial charge in [-0.1, -0.05) is 24.9 Å². The summed E-state index contributed by atoms with van der Waals surface area (Å²) < 4.78 is 0.876. The predicted octanol–water partition coefficient (Wildman–Crippen LogP) is 5.43. The highest BCUT2D eigenvalue weighted by Gasteiger charge is 2.20. The fourth-order valence-electron chi connectivity index (χ4n) is 2.86. The summed E-state index contributed by atoms with van der Waals surface area (Å²) in [5.41, 5.74) is 1.59. The molecule has 1 aliphatic carbocycles. The molecule has 0 radical (unpaired) electrons. The van der Waals surface area contributed by atoms with Gasteiger partial charge in [0, 0.05) is 14.6 Å². The van der Waals surface area contributed by atoms with Crippen molar-refractivity contribution >= 4 is 34.3 Å². The second-order valence-electron chi connectivity index (χ2n) is 5.29. The number of fused-ring (bicyclic) bond motifs is 1. The zero-order chi connectivity index (χ0) is 13.9. The van der Waals surface area contributed by atoms with E-state index in [2.05, 4.69) is 24.4 Å². The van der Waals surface area contributed by atoms with Gasteiger partial charge in [0.1, 0.15) is 0 Å². The molecule has 108 valence electrons. The quantitative estimate of drug-likeness (QED) is 0.739. The number of rotatable bonds is 4. The van der Waals surface area contributed by atoms with Crippen molar-refractivity contribution in [3.8, 4) is 0 Å². The summed E-state index contributed by atoms with van der Waals surface area (Å²) in [4.78, 5) is 4.40. The van der Waals surface area contributed by atoms with Crippen LogP contribution in [-0.4, -0.2) is 6.54 Å². The second kappa shape index (κ2) is 6.61. The zero-order valence-corrected chi connectivity index (χ0v) is 14.1. The Balaban J connectivity index is 1.91. The van der Waals surface area contributed by atoms with Gasteiger partial charge in [-0.2, -0.15) is 0 Å². The number of nitrogens with one attached hydrogen (secondary N) is 1. The van der Waals surface area contributed by atoms with E-state index in [9.17, 15) is 0 Å². The Labute approximate surface area is 134 Å². The number of halogens is 1. The lowest BCUT2D eigenvalue weighted by molar-refractivity contribution is 0.648. The van der Waals surface area contributed by atoms with Crippen LogP contribution in [0.3, 0.4) is 0 Å². The summed E-state index contributed by atoms with van der Waals surface area (Å²) in [5, 5.41) is 3.62. The fraction of sp³-hybridized carbons (Fsp3) is 0.500. The molecule has 0 aromatic carbocycles. The average molecular weight is 326 g/mol. The van der Waals surface area contributed by atoms with Crippen molar-refractivity contribution in [2.24, 2.45) is 0 Å². The normalized spacial score (nSPS) is 16.7. The van der Waals surface area contributed by atoms with Crippen LogP contribution in [0, 0.1) is 0 Å². The Morgan fingerprint density at radius 1 is 1.15 bits per heavy atom. The van der Waals surface area contributed by atoms with E-state index in [4.69, 9.17) is 11.6 Å². The van der Waals surface area contributed by atoms with Crippen LogP contribution in [0.1, 0.15) is 52.4 Å². The summed E-state index contributed by atoms with van der Waals surface area (Å²) in [7, 11) is 0. The summed E-state index contributed by atoms with van der Waals surface area (Å²) >= 11 is 9.80. The molecule has 3 rings (SSSR count). The molecule has 1 unspecified atom stereocenters. The highest BCUT2D eigenvalue weighted by Crippen LogP contribution is 2.37. The van der Waals surface area contributed by atoms with Crippen molar-refractivity contribution in [1.29, 1.82) is 0 Å². The topological polar surface area (TPSA) is 12.0 Å². The highest BCUT2D eigenvalue weighted by molar-refractivity contribution is 7.16. The summed E-state index contributed by atoms with van der Waals surface area (Å²) in [6, 6.07) is 6.91. The Morgan fingerprint density at radius 3 is 2.75 bits per heavy atom. The lowest BCUT2D eigenvalue weighted by atomic mass is 10.1. The van der Waals surface area contributed by atoms with Crippen molar-refractivity contribution in [2.75, 3.05) is 6.54 Å². The first-order valence-electron chi connectivity index (χ1n) is 7.38. The minimum atomic E-state index is 0.314. The van der Waals surface area contributed by atoms with Crippen LogP contribution in [0.4, 0.5) is 0 Å². The predicted molar refractivity (Wildman–Crippen MR) is 90.4 cm³/mol. The third-order valence-corrected chi connectivity index (χ3v) is 6.43. The van der Waals surface area contributed by atoms with Crippen molar-refractivity contribution in [3.05, 3.63) is 42.7 Å². The van der Waals surface area contributed by atoms with Crippen molar-refractivity contribution in [2.45, 2.75) is 45.1 Å². The molecule has 1 aliphatic rings. The molecule has 2 heterocycles. The van der Waals surface area contributed by atoms with Gasteiger partial charge >= 0.3 is 0 Å². The molecule has 0 spiro atoms. The van der Waals surface area contributed by atoms with Crippen molar-refractivity contribution in [1.82, 2.24) is 5.32 Å². The van der Waals surface area contributed by atoms with Crippen LogP contribution >= 0.6 is 34.3 Å². The van der Waals surface area contributed by atoms with E-state index < -0.39 is 0 Å². The molecule has 0 bridgehead atoms. The summed E-state index contributed by atoms with van der Waals surface area (Å²) in [6.07, 6.45) is 6.61. The molecule has 0 aliphatic heterocycles. The van der Waals surface area contributed by atoms with E-state index in [-0.39, 0.29) is 0 Å². The Kier molecular flexibility index (Phi) is 4.82. The molecule has 20 heavy (non-hydrogen) atoms. The second-order valence-corrected chi connectivity index (χ2v) is 8.21. The number of hydrogen-bond acceptors (Lipinski definition) is 3. The van der Waals surface area contributed by atoms with E-state index in [0.717, 1.165) is 10.9 Å². The highest BCUT2D eigenvalue weighted by atomic mass is 35.5. The average Bonchev–Trinajstić information content (AvgIpc) is 2.97. The summed E-state index contributed by atoms with van der Waals surface area (Å²) in [5.74, 6) is 0. The van der Waals surface area contributed by atoms with Crippen LogP contribution in [0.15, 0.2) is 18.2 Å². The fourth-order valence-corrected chi connectivity index (χ4v) is 5.44. The SMILES string of the molecule is CCNC(c1ccc(Cl)s1)c1cc2c(s1)CCCCC2. The first-order valence-corrected chi connectivity index (χ1v) is 9.39. The lowest BCUT2D eigenvalue weighted by Gasteiger charge is -2.14. The standard InChI is InChI=1S/C16H20ClNS2/c1-2-18-16(13-8-9-15(17)20-13)14-10-11-6-4-3-5-7-12(11)19-14/h8-10,16,18H,2-7H2,1H3. The van der Waals surface area contributed by atoms with Gasteiger partial charge in [-0.25, -0.2) is 0 Å². The van der Waals surface area contributed by atoms with Gasteiger partial charge in [-0.3, -0.25) is 0 Å². The van der Waals surface area contributed by atoms with E-state index >= 15 is 0 Å². The molecule has 0 saturated heterocycles. The number of thiophene rings is 2. The van der Waals surface area contributed by atoms with Gasteiger partial charge in [0.25, 0.3) is 0 Å². The summed E-state index contributed by atoms with van der Waals surface area (Å²) in [6.45, 7) is 3.14. The first-order chi connectivity index (χ1) is 9.78. The van der Waals surface area contributed by atoms with Crippen LogP contribution < -0.4 is 5.32 Å². The Hall–Kier alpha value is -0.350. The third-order valence-electron chi connectivity index (χ3n) is 3.84. The minimum absolute atomic E-state index is 0.314. The smallest absolute Gasteiger partial charge is 0.0931 e. The molecular formula is C16H20ClNS2. The van der Waals surface area contributed by atoms with Crippen molar-refractivity contribution in [3.63, 3.8) is 0 Å². The maximum absolute atomic E-state index is 6.11. The molecule has 0 saturated carbocycles. The molecule has 2 aromatic rings. The molecule has 0 amide bonds. The molecule has 1 atom stereocenters. The molecular weight excluding hydrogens is 306 g/mol. The zero-order valence-electron chi connectivity index (χ0n) is 11.7. The first kappa shape index (κ1) is 14.6. The van der Waals surface area contributed by atoms with Gasteiger partial charge in [0.05, 0.1) is 10.4 Å². The molecule has 0 fully saturated rings. The van der Waals surface area contributed by atoms with Crippen LogP contribution in [0.2, 0.25) is 4.34 Å². The van der Waals surface area contributed by atoms with Gasteiger partial charge in [-0.15, -0.1) is 22.7 Å². The maximum Gasteiger partial charge on any atom is 0.0931 e. The molecule has 1 nitrogen and oxygen atoms in total. The number of hydrogen-bond donors (Lipinski definition) is 1. The molecule has 2 aromatic heterocycles. The van der Waals surface area contributed by atoms with E-state index in [0.29, 0.717) is 6.04 Å². The Morgan fingerprint density at radius 2 is 2.00 bits per heavy atom. The van der Waals surface area contributed by atoms with Crippen molar-refractivity contribution < 1.29 is 0 Å². The van der Waals surface area contributed by atoms with Crippen LogP contribution in [0.25, 0.3) is 0 Å². The molecule has 1 N–H and O–H groups in total. The van der Waals surface area contributed by atoms with E-state index in [1.54, 1.807) is 21.8 Å².